The normalized spacial score (nSPS) is 24.2. The van der Waals surface area contributed by atoms with E-state index in [1.807, 2.05) is 37.3 Å². The zero-order valence-corrected chi connectivity index (χ0v) is 16.5. The summed E-state index contributed by atoms with van der Waals surface area (Å²) in [6.07, 6.45) is 2.13. The fourth-order valence-electron chi connectivity index (χ4n) is 4.68. The molecular weight excluding hydrogens is 371 g/mol. The standard InChI is InChI=1S/C23H25FN2O3/c1-17-15-23(11-10-21(27)26(23)20-9-5-8-19(24)14-20)12-13-25(17)22(28)29-16-18-6-3-2-4-7-18/h2-9,14,17H,10-13,15-16H2,1H3/t17-,23+/m0/s1. The van der Waals surface area contributed by atoms with Crippen molar-refractivity contribution >= 4 is 17.7 Å². The maximum absolute atomic E-state index is 13.8. The Hall–Kier alpha value is -2.89. The monoisotopic (exact) mass is 396 g/mol. The summed E-state index contributed by atoms with van der Waals surface area (Å²) < 4.78 is 19.3. The minimum absolute atomic E-state index is 0.0166. The maximum Gasteiger partial charge on any atom is 0.410 e. The summed E-state index contributed by atoms with van der Waals surface area (Å²) in [7, 11) is 0. The first-order chi connectivity index (χ1) is 14.0. The van der Waals surface area contributed by atoms with Crippen LogP contribution in [0.3, 0.4) is 0 Å². The SMILES string of the molecule is C[C@H]1C[C@@]2(CCC(=O)N2c2cccc(F)c2)CCN1C(=O)OCc1ccccc1. The van der Waals surface area contributed by atoms with Crippen LogP contribution in [0.4, 0.5) is 14.9 Å². The average molecular weight is 396 g/mol. The molecule has 2 aliphatic heterocycles. The van der Waals surface area contributed by atoms with Crippen LogP contribution in [0, 0.1) is 5.82 Å². The molecule has 152 valence electrons. The Kier molecular flexibility index (Phi) is 5.26. The van der Waals surface area contributed by atoms with E-state index in [9.17, 15) is 14.0 Å². The van der Waals surface area contributed by atoms with E-state index in [1.54, 1.807) is 21.9 Å². The largest absolute Gasteiger partial charge is 0.445 e. The van der Waals surface area contributed by atoms with Gasteiger partial charge >= 0.3 is 6.09 Å². The first-order valence-corrected chi connectivity index (χ1v) is 10.0. The van der Waals surface area contributed by atoms with Gasteiger partial charge in [0, 0.05) is 24.7 Å². The number of anilines is 1. The van der Waals surface area contributed by atoms with E-state index in [0.717, 1.165) is 12.0 Å². The zero-order valence-electron chi connectivity index (χ0n) is 16.5. The molecule has 0 radical (unpaired) electrons. The van der Waals surface area contributed by atoms with E-state index in [1.165, 1.54) is 12.1 Å². The van der Waals surface area contributed by atoms with Gasteiger partial charge in [0.2, 0.25) is 5.91 Å². The quantitative estimate of drug-likeness (QED) is 0.767. The second-order valence-corrected chi connectivity index (χ2v) is 7.97. The second-order valence-electron chi connectivity index (χ2n) is 7.97. The molecule has 0 N–H and O–H groups in total. The lowest BCUT2D eigenvalue weighted by Gasteiger charge is -2.47. The molecule has 2 fully saturated rings. The van der Waals surface area contributed by atoms with Gasteiger partial charge in [-0.2, -0.15) is 0 Å². The number of hydrogen-bond donors (Lipinski definition) is 0. The summed E-state index contributed by atoms with van der Waals surface area (Å²) in [5, 5.41) is 0. The number of nitrogens with zero attached hydrogens (tertiary/aromatic N) is 2. The summed E-state index contributed by atoms with van der Waals surface area (Å²) >= 11 is 0. The number of piperidine rings is 1. The summed E-state index contributed by atoms with van der Waals surface area (Å²) in [6, 6.07) is 15.7. The van der Waals surface area contributed by atoms with Crippen molar-refractivity contribution in [1.29, 1.82) is 0 Å². The van der Waals surface area contributed by atoms with Gasteiger partial charge in [-0.15, -0.1) is 0 Å². The average Bonchev–Trinajstić information content (AvgIpc) is 3.02. The molecule has 2 aromatic rings. The van der Waals surface area contributed by atoms with Crippen LogP contribution in [0.2, 0.25) is 0 Å². The van der Waals surface area contributed by atoms with Crippen LogP contribution >= 0.6 is 0 Å². The molecule has 6 heteroatoms. The number of likely N-dealkylation sites (tertiary alicyclic amines) is 1. The highest BCUT2D eigenvalue weighted by Crippen LogP contribution is 2.44. The Labute approximate surface area is 170 Å². The van der Waals surface area contributed by atoms with Crippen LogP contribution in [0.5, 0.6) is 0 Å². The van der Waals surface area contributed by atoms with Gasteiger partial charge < -0.3 is 14.5 Å². The van der Waals surface area contributed by atoms with Crippen molar-refractivity contribution in [3.05, 3.63) is 66.0 Å². The van der Waals surface area contributed by atoms with E-state index < -0.39 is 0 Å². The van der Waals surface area contributed by atoms with Crippen LogP contribution in [0.15, 0.2) is 54.6 Å². The Balaban J connectivity index is 1.46. The molecule has 0 saturated carbocycles. The molecular formula is C23H25FN2O3. The lowest BCUT2D eigenvalue weighted by molar-refractivity contribution is -0.117. The van der Waals surface area contributed by atoms with E-state index in [4.69, 9.17) is 4.74 Å². The first-order valence-electron chi connectivity index (χ1n) is 10.0. The lowest BCUT2D eigenvalue weighted by atomic mass is 9.81. The Morgan fingerprint density at radius 1 is 1.17 bits per heavy atom. The number of amides is 2. The van der Waals surface area contributed by atoms with Crippen LogP contribution in [-0.4, -0.2) is 35.0 Å². The van der Waals surface area contributed by atoms with Crippen molar-refractivity contribution in [3.8, 4) is 0 Å². The van der Waals surface area contributed by atoms with Gasteiger partial charge in [-0.05, 0) is 49.9 Å². The second kappa shape index (κ2) is 7.85. The minimum atomic E-state index is -0.375. The molecule has 0 unspecified atom stereocenters. The molecule has 2 heterocycles. The molecule has 0 aromatic heterocycles. The third-order valence-electron chi connectivity index (χ3n) is 6.06. The third-order valence-corrected chi connectivity index (χ3v) is 6.06. The Morgan fingerprint density at radius 2 is 1.97 bits per heavy atom. The minimum Gasteiger partial charge on any atom is -0.445 e. The van der Waals surface area contributed by atoms with E-state index in [2.05, 4.69) is 0 Å². The summed E-state index contributed by atoms with van der Waals surface area (Å²) in [5.74, 6) is -0.338. The van der Waals surface area contributed by atoms with Crippen molar-refractivity contribution in [1.82, 2.24) is 4.90 Å². The maximum atomic E-state index is 13.8. The van der Waals surface area contributed by atoms with Gasteiger partial charge in [0.05, 0.1) is 5.54 Å². The van der Waals surface area contributed by atoms with Crippen LogP contribution in [-0.2, 0) is 16.1 Å². The van der Waals surface area contributed by atoms with Crippen molar-refractivity contribution < 1.29 is 18.7 Å². The number of halogens is 1. The third kappa shape index (κ3) is 3.84. The number of benzene rings is 2. The highest BCUT2D eigenvalue weighted by molar-refractivity contribution is 5.97. The molecule has 0 aliphatic carbocycles. The summed E-state index contributed by atoms with van der Waals surface area (Å²) in [6.45, 7) is 2.73. The molecule has 5 nitrogen and oxygen atoms in total. The van der Waals surface area contributed by atoms with Crippen molar-refractivity contribution in [3.63, 3.8) is 0 Å². The molecule has 2 aliphatic rings. The van der Waals surface area contributed by atoms with Crippen molar-refractivity contribution in [2.24, 2.45) is 0 Å². The fourth-order valence-corrected chi connectivity index (χ4v) is 4.68. The zero-order chi connectivity index (χ0) is 20.4. The Bertz CT molecular complexity index is 904. The van der Waals surface area contributed by atoms with Crippen LogP contribution in [0.25, 0.3) is 0 Å². The molecule has 2 amide bonds. The predicted octanol–water partition coefficient (Wildman–Crippen LogP) is 4.51. The molecule has 2 aromatic carbocycles. The highest BCUT2D eigenvalue weighted by atomic mass is 19.1. The number of carbonyl (C=O) groups excluding carboxylic acids is 2. The van der Waals surface area contributed by atoms with Crippen molar-refractivity contribution in [2.45, 2.75) is 50.8 Å². The van der Waals surface area contributed by atoms with E-state index >= 15 is 0 Å². The number of hydrogen-bond acceptors (Lipinski definition) is 3. The highest BCUT2D eigenvalue weighted by Gasteiger charge is 2.50. The molecule has 2 saturated heterocycles. The summed E-state index contributed by atoms with van der Waals surface area (Å²) in [5.41, 5.74) is 1.17. The van der Waals surface area contributed by atoms with Gasteiger partial charge in [0.15, 0.2) is 0 Å². The Morgan fingerprint density at radius 3 is 2.69 bits per heavy atom. The van der Waals surface area contributed by atoms with E-state index in [0.29, 0.717) is 31.5 Å². The van der Waals surface area contributed by atoms with Gasteiger partial charge in [-0.25, -0.2) is 9.18 Å². The molecule has 2 atom stereocenters. The van der Waals surface area contributed by atoms with Crippen LogP contribution < -0.4 is 4.90 Å². The topological polar surface area (TPSA) is 49.9 Å². The lowest BCUT2D eigenvalue weighted by Crippen LogP contribution is -2.57. The molecule has 1 spiro atoms. The molecule has 4 rings (SSSR count). The molecule has 0 bridgehead atoms. The fraction of sp³-hybridized carbons (Fsp3) is 0.391. The van der Waals surface area contributed by atoms with E-state index in [-0.39, 0.29) is 36.0 Å². The smallest absolute Gasteiger partial charge is 0.410 e. The van der Waals surface area contributed by atoms with Gasteiger partial charge in [-0.1, -0.05) is 36.4 Å². The number of ether oxygens (including phenoxy) is 1. The molecule has 29 heavy (non-hydrogen) atoms. The number of carbonyl (C=O) groups is 2. The summed E-state index contributed by atoms with van der Waals surface area (Å²) in [4.78, 5) is 28.8. The predicted molar refractivity (Wildman–Crippen MR) is 108 cm³/mol. The van der Waals surface area contributed by atoms with Gasteiger partial charge in [0.1, 0.15) is 12.4 Å². The van der Waals surface area contributed by atoms with Crippen LogP contribution in [0.1, 0.15) is 38.2 Å². The first kappa shape index (κ1) is 19.4. The van der Waals surface area contributed by atoms with Gasteiger partial charge in [0.25, 0.3) is 0 Å². The van der Waals surface area contributed by atoms with Crippen molar-refractivity contribution in [2.75, 3.05) is 11.4 Å². The number of rotatable bonds is 3. The van der Waals surface area contributed by atoms with Gasteiger partial charge in [-0.3, -0.25) is 4.79 Å².